The van der Waals surface area contributed by atoms with Crippen LogP contribution in [0.4, 0.5) is 0 Å². The Morgan fingerprint density at radius 1 is 1.25 bits per heavy atom. The van der Waals surface area contributed by atoms with E-state index < -0.39 is 6.04 Å². The van der Waals surface area contributed by atoms with Gasteiger partial charge in [-0.1, -0.05) is 52.2 Å². The van der Waals surface area contributed by atoms with Crippen molar-refractivity contribution in [3.63, 3.8) is 0 Å². The lowest BCUT2D eigenvalue weighted by Gasteiger charge is -2.31. The summed E-state index contributed by atoms with van der Waals surface area (Å²) in [6.07, 6.45) is 5.33. The van der Waals surface area contributed by atoms with Crippen LogP contribution in [0.2, 0.25) is 0 Å². The van der Waals surface area contributed by atoms with E-state index in [4.69, 9.17) is 28.1 Å². The van der Waals surface area contributed by atoms with Crippen molar-refractivity contribution in [3.8, 4) is 23.8 Å². The van der Waals surface area contributed by atoms with Gasteiger partial charge in [-0.15, -0.1) is 6.42 Å². The molecule has 0 bridgehead atoms. The third kappa shape index (κ3) is 5.61. The smallest absolute Gasteiger partial charge is 0.251 e. The SMILES string of the molecule is C#CCOc1cc(Br)c([C@@H]2NC(=S)NC(C)=C2C(=O)NCc2ccccc2)cc1OCC. The number of hydrogen-bond acceptors (Lipinski definition) is 4. The average molecular weight is 514 g/mol. The molecule has 166 valence electrons. The summed E-state index contributed by atoms with van der Waals surface area (Å²) in [6, 6.07) is 12.9. The van der Waals surface area contributed by atoms with E-state index in [1.807, 2.05) is 50.2 Å². The summed E-state index contributed by atoms with van der Waals surface area (Å²) in [5.74, 6) is 3.31. The predicted octanol–water partition coefficient (Wildman–Crippen LogP) is 3.97. The quantitative estimate of drug-likeness (QED) is 0.366. The Morgan fingerprint density at radius 3 is 2.66 bits per heavy atom. The average Bonchev–Trinajstić information content (AvgIpc) is 2.77. The molecule has 32 heavy (non-hydrogen) atoms. The minimum atomic E-state index is -0.491. The van der Waals surface area contributed by atoms with Crippen molar-refractivity contribution in [2.24, 2.45) is 0 Å². The van der Waals surface area contributed by atoms with Gasteiger partial charge in [0.15, 0.2) is 16.6 Å². The van der Waals surface area contributed by atoms with Crippen molar-refractivity contribution in [3.05, 3.63) is 69.3 Å². The van der Waals surface area contributed by atoms with E-state index in [2.05, 4.69) is 37.8 Å². The molecule has 6 nitrogen and oxygen atoms in total. The van der Waals surface area contributed by atoms with Crippen LogP contribution in [0, 0.1) is 12.3 Å². The van der Waals surface area contributed by atoms with E-state index in [1.54, 1.807) is 6.07 Å². The molecule has 2 aromatic carbocycles. The zero-order chi connectivity index (χ0) is 23.1. The van der Waals surface area contributed by atoms with Crippen LogP contribution in [0.5, 0.6) is 11.5 Å². The minimum absolute atomic E-state index is 0.119. The monoisotopic (exact) mass is 513 g/mol. The molecule has 2 aromatic rings. The maximum atomic E-state index is 13.2. The van der Waals surface area contributed by atoms with Crippen molar-refractivity contribution >= 4 is 39.2 Å². The Labute approximate surface area is 201 Å². The fourth-order valence-electron chi connectivity index (χ4n) is 3.37. The Morgan fingerprint density at radius 2 is 1.97 bits per heavy atom. The van der Waals surface area contributed by atoms with E-state index >= 15 is 0 Å². The highest BCUT2D eigenvalue weighted by Gasteiger charge is 2.32. The third-order valence-corrected chi connectivity index (χ3v) is 5.70. The molecule has 0 radical (unpaired) electrons. The van der Waals surface area contributed by atoms with Crippen molar-refractivity contribution in [2.45, 2.75) is 26.4 Å². The summed E-state index contributed by atoms with van der Waals surface area (Å²) in [5.41, 5.74) is 3.02. The summed E-state index contributed by atoms with van der Waals surface area (Å²) < 4.78 is 12.1. The molecule has 0 aliphatic carbocycles. The highest BCUT2D eigenvalue weighted by atomic mass is 79.9. The molecular formula is C24H24BrN3O3S. The van der Waals surface area contributed by atoms with Crippen LogP contribution in [0.15, 0.2) is 58.2 Å². The lowest BCUT2D eigenvalue weighted by Crippen LogP contribution is -2.46. The number of benzene rings is 2. The third-order valence-electron chi connectivity index (χ3n) is 4.79. The second-order valence-corrected chi connectivity index (χ2v) is 8.25. The van der Waals surface area contributed by atoms with Gasteiger partial charge in [0, 0.05) is 16.7 Å². The van der Waals surface area contributed by atoms with E-state index in [-0.39, 0.29) is 12.5 Å². The summed E-state index contributed by atoms with van der Waals surface area (Å²) in [5, 5.41) is 9.69. The number of allylic oxidation sites excluding steroid dienone is 1. The number of rotatable bonds is 8. The van der Waals surface area contributed by atoms with Gasteiger partial charge in [-0.25, -0.2) is 0 Å². The van der Waals surface area contributed by atoms with Crippen LogP contribution in [0.25, 0.3) is 0 Å². The second kappa shape index (κ2) is 11.0. The molecule has 0 aromatic heterocycles. The van der Waals surface area contributed by atoms with Gasteiger partial charge in [-0.2, -0.15) is 0 Å². The fraction of sp³-hybridized carbons (Fsp3) is 0.250. The van der Waals surface area contributed by atoms with Crippen LogP contribution < -0.4 is 25.4 Å². The Bertz CT molecular complexity index is 1080. The fourth-order valence-corrected chi connectivity index (χ4v) is 4.20. The maximum absolute atomic E-state index is 13.2. The molecule has 0 unspecified atom stereocenters. The Kier molecular flexibility index (Phi) is 8.14. The molecule has 1 atom stereocenters. The number of terminal acetylenes is 1. The first-order chi connectivity index (χ1) is 15.4. The van der Waals surface area contributed by atoms with Crippen LogP contribution in [-0.4, -0.2) is 24.2 Å². The first kappa shape index (κ1) is 23.6. The standard InChI is InChI=1S/C24H24BrN3O3S/c1-4-11-31-20-13-18(25)17(12-19(20)30-5-2)22-21(15(3)27-24(32)28-22)23(29)26-14-16-9-7-6-8-10-16/h1,6-10,12-13,22H,5,11,14H2,2-3H3,(H,26,29)(H2,27,28,32)/t22-/m0/s1. The molecule has 1 amide bonds. The summed E-state index contributed by atoms with van der Waals surface area (Å²) in [6.45, 7) is 4.70. The number of nitrogens with one attached hydrogen (secondary N) is 3. The molecular weight excluding hydrogens is 490 g/mol. The second-order valence-electron chi connectivity index (χ2n) is 6.98. The van der Waals surface area contributed by atoms with Crippen LogP contribution in [-0.2, 0) is 11.3 Å². The molecule has 3 N–H and O–H groups in total. The number of hydrogen-bond donors (Lipinski definition) is 3. The number of carbonyl (C=O) groups is 1. The summed E-state index contributed by atoms with van der Waals surface area (Å²) in [7, 11) is 0. The van der Waals surface area contributed by atoms with Crippen LogP contribution in [0.1, 0.15) is 31.0 Å². The van der Waals surface area contributed by atoms with Gasteiger partial charge in [0.25, 0.3) is 5.91 Å². The zero-order valence-electron chi connectivity index (χ0n) is 17.8. The highest BCUT2D eigenvalue weighted by molar-refractivity contribution is 9.10. The molecule has 0 spiro atoms. The zero-order valence-corrected chi connectivity index (χ0v) is 20.2. The van der Waals surface area contributed by atoms with Gasteiger partial charge in [-0.3, -0.25) is 4.79 Å². The van der Waals surface area contributed by atoms with Crippen LogP contribution in [0.3, 0.4) is 0 Å². The molecule has 0 saturated carbocycles. The first-order valence-electron chi connectivity index (χ1n) is 10.1. The molecule has 3 rings (SSSR count). The summed E-state index contributed by atoms with van der Waals surface area (Å²) >= 11 is 8.98. The number of halogens is 1. The Hall–Kier alpha value is -3.02. The summed E-state index contributed by atoms with van der Waals surface area (Å²) in [4.78, 5) is 13.2. The van der Waals surface area contributed by atoms with Crippen molar-refractivity contribution in [2.75, 3.05) is 13.2 Å². The normalized spacial score (nSPS) is 15.3. The molecule has 1 heterocycles. The molecule has 0 saturated heterocycles. The van der Waals surface area contributed by atoms with E-state index in [9.17, 15) is 4.79 Å². The van der Waals surface area contributed by atoms with Gasteiger partial charge < -0.3 is 25.4 Å². The molecule has 8 heteroatoms. The number of ether oxygens (including phenoxy) is 2. The lowest BCUT2D eigenvalue weighted by molar-refractivity contribution is -0.118. The van der Waals surface area contributed by atoms with Gasteiger partial charge in [0.05, 0.1) is 18.2 Å². The van der Waals surface area contributed by atoms with E-state index in [0.29, 0.717) is 41.0 Å². The minimum Gasteiger partial charge on any atom is -0.490 e. The lowest BCUT2D eigenvalue weighted by atomic mass is 9.94. The van der Waals surface area contributed by atoms with Gasteiger partial charge >= 0.3 is 0 Å². The Balaban J connectivity index is 1.95. The maximum Gasteiger partial charge on any atom is 0.251 e. The molecule has 1 aliphatic heterocycles. The number of thiocarbonyl (C=S) groups is 1. The number of carbonyl (C=O) groups excluding carboxylic acids is 1. The van der Waals surface area contributed by atoms with Gasteiger partial charge in [0.1, 0.15) is 6.61 Å². The topological polar surface area (TPSA) is 71.6 Å². The van der Waals surface area contributed by atoms with Gasteiger partial charge in [-0.05, 0) is 49.3 Å². The van der Waals surface area contributed by atoms with Crippen LogP contribution >= 0.6 is 28.1 Å². The van der Waals surface area contributed by atoms with Crippen molar-refractivity contribution in [1.29, 1.82) is 0 Å². The largest absolute Gasteiger partial charge is 0.490 e. The molecule has 1 aliphatic rings. The van der Waals surface area contributed by atoms with Crippen molar-refractivity contribution < 1.29 is 14.3 Å². The highest BCUT2D eigenvalue weighted by Crippen LogP contribution is 2.39. The first-order valence-corrected chi connectivity index (χ1v) is 11.3. The van der Waals surface area contributed by atoms with E-state index in [0.717, 1.165) is 15.6 Å². The number of amides is 1. The molecule has 0 fully saturated rings. The van der Waals surface area contributed by atoms with Gasteiger partial charge in [0.2, 0.25) is 0 Å². The van der Waals surface area contributed by atoms with Crippen molar-refractivity contribution in [1.82, 2.24) is 16.0 Å². The predicted molar refractivity (Wildman–Crippen MR) is 132 cm³/mol. The van der Waals surface area contributed by atoms with E-state index in [1.165, 1.54) is 0 Å².